The molecule has 1 unspecified atom stereocenters. The highest BCUT2D eigenvalue weighted by atomic mass is 19.4. The van der Waals surface area contributed by atoms with Crippen molar-refractivity contribution in [3.8, 4) is 11.8 Å². The number of ether oxygens (including phenoxy) is 2. The molecule has 1 aromatic carbocycles. The molecule has 2 heterocycles. The Labute approximate surface area is 274 Å². The first-order valence-electron chi connectivity index (χ1n) is 16.7. The van der Waals surface area contributed by atoms with Crippen molar-refractivity contribution < 1.29 is 27.4 Å². The Morgan fingerprint density at radius 1 is 1.02 bits per heavy atom. The molecule has 1 aromatic heterocycles. The van der Waals surface area contributed by atoms with Crippen molar-refractivity contribution in [3.05, 3.63) is 41.6 Å². The first-order valence-corrected chi connectivity index (χ1v) is 16.7. The van der Waals surface area contributed by atoms with Gasteiger partial charge >= 0.3 is 12.5 Å². The number of piperidine rings is 1. The summed E-state index contributed by atoms with van der Waals surface area (Å²) >= 11 is 0. The van der Waals surface area contributed by atoms with Gasteiger partial charge in [-0.15, -0.1) is 13.2 Å². The first-order chi connectivity index (χ1) is 22.4. The average Bonchev–Trinajstić information content (AvgIpc) is 3.01. The predicted molar refractivity (Wildman–Crippen MR) is 172 cm³/mol. The number of hydrogen-bond donors (Lipinski definition) is 3. The highest BCUT2D eigenvalue weighted by molar-refractivity contribution is 5.68. The van der Waals surface area contributed by atoms with Gasteiger partial charge in [-0.2, -0.15) is 10.2 Å². The summed E-state index contributed by atoms with van der Waals surface area (Å²) in [5, 5.41) is 20.0. The Balaban J connectivity index is 1.11. The van der Waals surface area contributed by atoms with E-state index < -0.39 is 12.0 Å². The molecule has 47 heavy (non-hydrogen) atoms. The number of rotatable bonds is 10. The number of benzene rings is 1. The molecule has 5 rings (SSSR count). The molecule has 2 aromatic rings. The molecular formula is C34H46F3N7O3. The van der Waals surface area contributed by atoms with E-state index in [9.17, 15) is 23.2 Å². The number of fused-ring (bicyclic) bond motifs is 2. The zero-order valence-electron chi connectivity index (χ0n) is 27.4. The lowest BCUT2D eigenvalue weighted by Crippen LogP contribution is -2.52. The van der Waals surface area contributed by atoms with Gasteiger partial charge in [0, 0.05) is 37.8 Å². The summed E-state index contributed by atoms with van der Waals surface area (Å²) in [6.45, 7) is 8.81. The number of carbonyl (C=O) groups excluding carboxylic acids is 1. The van der Waals surface area contributed by atoms with Crippen molar-refractivity contribution in [2.75, 3.05) is 36.8 Å². The SMILES string of the molecule is CC(C)(C)OC(=O)N1CCC(CN[C@@H]2[C@@H]3CCC[C@H]2CC(CNc2nc(NCc4ccccc4OC(F)(F)F)ncc2C#N)C3)CC1. The number of nitrogens with one attached hydrogen (secondary N) is 3. The quantitative estimate of drug-likeness (QED) is 0.256. The molecule has 2 bridgehead atoms. The molecule has 3 aliphatic rings. The van der Waals surface area contributed by atoms with Gasteiger partial charge in [-0.25, -0.2) is 9.78 Å². The molecule has 0 radical (unpaired) electrons. The van der Waals surface area contributed by atoms with Crippen molar-refractivity contribution in [2.24, 2.45) is 23.7 Å². The molecule has 1 amide bonds. The van der Waals surface area contributed by atoms with Crippen LogP contribution in [0.3, 0.4) is 0 Å². The van der Waals surface area contributed by atoms with Crippen LogP contribution >= 0.6 is 0 Å². The van der Waals surface area contributed by atoms with Crippen LogP contribution in [0.4, 0.5) is 29.7 Å². The third-order valence-electron chi connectivity index (χ3n) is 9.45. The highest BCUT2D eigenvalue weighted by Gasteiger charge is 2.40. The molecule has 4 atom stereocenters. The number of halogens is 3. The third-order valence-corrected chi connectivity index (χ3v) is 9.45. The van der Waals surface area contributed by atoms with Crippen LogP contribution in [-0.4, -0.2) is 65.1 Å². The molecule has 1 aliphatic heterocycles. The molecule has 3 fully saturated rings. The Morgan fingerprint density at radius 3 is 2.38 bits per heavy atom. The second-order valence-electron chi connectivity index (χ2n) is 14.1. The number of carbonyl (C=O) groups is 1. The van der Waals surface area contributed by atoms with Gasteiger partial charge in [-0.05, 0) is 95.6 Å². The standard InChI is InChI=1S/C34H46F3N7O3/c1-33(2,3)47-32(45)44-13-11-22(12-14-44)18-39-29-24-8-6-9-25(29)16-23(15-24)19-40-30-27(17-38)21-42-31(43-30)41-20-26-7-4-5-10-28(26)46-34(35,36)37/h4-5,7,10,21-25,29,39H,6,8-9,11-16,18-20H2,1-3H3,(H2,40,41,42,43)/t23?,24-,25+,29-. The molecule has 3 N–H and O–H groups in total. The zero-order chi connectivity index (χ0) is 33.6. The van der Waals surface area contributed by atoms with Crippen LogP contribution in [0.15, 0.2) is 30.5 Å². The molecule has 1 saturated heterocycles. The number of amides is 1. The Kier molecular flexibility index (Phi) is 11.0. The summed E-state index contributed by atoms with van der Waals surface area (Å²) in [6, 6.07) is 8.53. The number of likely N-dealkylation sites (tertiary alicyclic amines) is 1. The summed E-state index contributed by atoms with van der Waals surface area (Å²) in [4.78, 5) is 22.9. The number of nitrogens with zero attached hydrogens (tertiary/aromatic N) is 4. The maximum absolute atomic E-state index is 12.8. The summed E-state index contributed by atoms with van der Waals surface area (Å²) in [6.07, 6.45) is 4.19. The van der Waals surface area contributed by atoms with Crippen LogP contribution in [0.1, 0.15) is 76.8 Å². The van der Waals surface area contributed by atoms with Gasteiger partial charge < -0.3 is 30.3 Å². The molecule has 2 aliphatic carbocycles. The third kappa shape index (κ3) is 9.86. The molecule has 10 nitrogen and oxygen atoms in total. The molecule has 0 spiro atoms. The van der Waals surface area contributed by atoms with Gasteiger partial charge in [0.25, 0.3) is 0 Å². The Hall–Kier alpha value is -3.79. The van der Waals surface area contributed by atoms with E-state index in [4.69, 9.17) is 4.74 Å². The average molecular weight is 658 g/mol. The van der Waals surface area contributed by atoms with Gasteiger partial charge in [0.05, 0.1) is 6.20 Å². The molecule has 13 heteroatoms. The van der Waals surface area contributed by atoms with E-state index in [1.165, 1.54) is 43.7 Å². The monoisotopic (exact) mass is 657 g/mol. The number of hydrogen-bond acceptors (Lipinski definition) is 9. The van der Waals surface area contributed by atoms with E-state index in [2.05, 4.69) is 36.7 Å². The van der Waals surface area contributed by atoms with E-state index in [-0.39, 0.29) is 24.3 Å². The van der Waals surface area contributed by atoms with Crippen LogP contribution in [0.2, 0.25) is 0 Å². The van der Waals surface area contributed by atoms with Gasteiger partial charge in [-0.1, -0.05) is 24.6 Å². The van der Waals surface area contributed by atoms with Crippen molar-refractivity contribution in [1.29, 1.82) is 5.26 Å². The van der Waals surface area contributed by atoms with Crippen molar-refractivity contribution in [2.45, 2.75) is 90.3 Å². The Bertz CT molecular complexity index is 1390. The number of para-hydroxylation sites is 1. The minimum absolute atomic E-state index is 0.0147. The van der Waals surface area contributed by atoms with Crippen LogP contribution in [-0.2, 0) is 11.3 Å². The molecular weight excluding hydrogens is 611 g/mol. The lowest BCUT2D eigenvalue weighted by molar-refractivity contribution is -0.274. The Morgan fingerprint density at radius 2 is 1.72 bits per heavy atom. The normalized spacial score (nSPS) is 23.5. The summed E-state index contributed by atoms with van der Waals surface area (Å²) in [5.74, 6) is 2.48. The fourth-order valence-corrected chi connectivity index (χ4v) is 7.29. The van der Waals surface area contributed by atoms with Crippen molar-refractivity contribution in [3.63, 3.8) is 0 Å². The van der Waals surface area contributed by atoms with Crippen LogP contribution < -0.4 is 20.7 Å². The van der Waals surface area contributed by atoms with E-state index in [1.807, 2.05) is 25.7 Å². The fraction of sp³-hybridized carbons (Fsp3) is 0.647. The van der Waals surface area contributed by atoms with Crippen molar-refractivity contribution in [1.82, 2.24) is 20.2 Å². The second-order valence-corrected chi connectivity index (χ2v) is 14.1. The lowest BCUT2D eigenvalue weighted by atomic mass is 9.64. The largest absolute Gasteiger partial charge is 0.573 e. The van der Waals surface area contributed by atoms with E-state index in [1.54, 1.807) is 6.07 Å². The topological polar surface area (TPSA) is 124 Å². The van der Waals surface area contributed by atoms with Gasteiger partial charge in [0.15, 0.2) is 0 Å². The van der Waals surface area contributed by atoms with Gasteiger partial charge in [0.1, 0.15) is 28.8 Å². The number of alkyl halides is 3. The fourth-order valence-electron chi connectivity index (χ4n) is 7.29. The second kappa shape index (κ2) is 15.0. The predicted octanol–water partition coefficient (Wildman–Crippen LogP) is 6.70. The number of nitriles is 1. The van der Waals surface area contributed by atoms with Crippen LogP contribution in [0, 0.1) is 35.0 Å². The van der Waals surface area contributed by atoms with Gasteiger partial charge in [-0.3, -0.25) is 0 Å². The zero-order valence-corrected chi connectivity index (χ0v) is 27.4. The summed E-state index contributed by atoms with van der Waals surface area (Å²) in [7, 11) is 0. The maximum Gasteiger partial charge on any atom is 0.573 e. The van der Waals surface area contributed by atoms with E-state index >= 15 is 0 Å². The maximum atomic E-state index is 12.8. The van der Waals surface area contributed by atoms with Crippen molar-refractivity contribution >= 4 is 17.9 Å². The van der Waals surface area contributed by atoms with Gasteiger partial charge in [0.2, 0.25) is 5.95 Å². The van der Waals surface area contributed by atoms with E-state index in [0.717, 1.165) is 45.3 Å². The first kappa shape index (κ1) is 34.5. The minimum atomic E-state index is -4.80. The van der Waals surface area contributed by atoms with E-state index in [0.29, 0.717) is 53.2 Å². The highest BCUT2D eigenvalue weighted by Crippen LogP contribution is 2.43. The van der Waals surface area contributed by atoms with Crippen LogP contribution in [0.5, 0.6) is 5.75 Å². The number of aromatic nitrogens is 2. The lowest BCUT2D eigenvalue weighted by Gasteiger charge is -2.47. The molecule has 256 valence electrons. The summed E-state index contributed by atoms with van der Waals surface area (Å²) < 4.78 is 48.1. The number of anilines is 2. The van der Waals surface area contributed by atoms with Crippen LogP contribution in [0.25, 0.3) is 0 Å². The summed E-state index contributed by atoms with van der Waals surface area (Å²) in [5.41, 5.74) is 0.128. The smallest absolute Gasteiger partial charge is 0.444 e. The minimum Gasteiger partial charge on any atom is -0.444 e. The molecule has 2 saturated carbocycles.